The molecule has 0 bridgehead atoms. The fourth-order valence-corrected chi connectivity index (χ4v) is 3.08. The van der Waals surface area contributed by atoms with E-state index in [-0.39, 0.29) is 0 Å². The molecule has 5 nitrogen and oxygen atoms in total. The van der Waals surface area contributed by atoms with Crippen LogP contribution in [0.1, 0.15) is 26.1 Å². The van der Waals surface area contributed by atoms with E-state index in [1.807, 2.05) is 6.20 Å². The van der Waals surface area contributed by atoms with Crippen molar-refractivity contribution in [1.29, 1.82) is 0 Å². The lowest BCUT2D eigenvalue weighted by molar-refractivity contribution is 0.175. The molecule has 0 unspecified atom stereocenters. The van der Waals surface area contributed by atoms with Crippen LogP contribution in [0.5, 0.6) is 0 Å². The molecule has 0 spiro atoms. The number of fused-ring (bicyclic) bond motifs is 3. The predicted molar refractivity (Wildman–Crippen MR) is 79.9 cm³/mol. The van der Waals surface area contributed by atoms with Crippen LogP contribution in [0.25, 0.3) is 11.2 Å². The first kappa shape index (κ1) is 12.1. The Balaban J connectivity index is 1.72. The summed E-state index contributed by atoms with van der Waals surface area (Å²) in [6, 6.07) is 2.78. The lowest BCUT2D eigenvalue weighted by Gasteiger charge is -2.32. The number of anilines is 1. The maximum Gasteiger partial charge on any atom is 0.160 e. The lowest BCUT2D eigenvalue weighted by atomic mass is 10.2. The number of rotatable bonds is 2. The molecular weight excluding hydrogens is 250 g/mol. The van der Waals surface area contributed by atoms with Gasteiger partial charge in [0, 0.05) is 32.2 Å². The van der Waals surface area contributed by atoms with Crippen LogP contribution in [-0.4, -0.2) is 45.1 Å². The molecule has 5 heteroatoms. The third-order valence-electron chi connectivity index (χ3n) is 4.56. The fraction of sp³-hybridized carbons (Fsp3) is 0.600. The maximum absolute atomic E-state index is 4.82. The van der Waals surface area contributed by atoms with E-state index in [4.69, 9.17) is 4.98 Å². The standard InChI is InChI=1S/C15H21N5/c1-11(2)19-6-7-20-14(10-19)17-13-8-12(9-16-15(13)20)18-4-3-5-18/h8-9,11H,3-7,10H2,1-2H3. The number of aromatic nitrogens is 3. The van der Waals surface area contributed by atoms with Gasteiger partial charge in [-0.05, 0) is 26.3 Å². The molecular formula is C15H21N5. The molecule has 20 heavy (non-hydrogen) atoms. The minimum Gasteiger partial charge on any atom is -0.370 e. The molecule has 2 aromatic rings. The molecule has 1 saturated heterocycles. The molecule has 0 amide bonds. The summed E-state index contributed by atoms with van der Waals surface area (Å²) in [5.41, 5.74) is 3.32. The van der Waals surface area contributed by atoms with Gasteiger partial charge in [-0.3, -0.25) is 4.90 Å². The highest BCUT2D eigenvalue weighted by molar-refractivity contribution is 5.76. The summed E-state index contributed by atoms with van der Waals surface area (Å²) in [5.74, 6) is 1.16. The quantitative estimate of drug-likeness (QED) is 0.835. The normalized spacial score (nSPS) is 19.4. The molecule has 2 aliphatic rings. The molecule has 106 valence electrons. The van der Waals surface area contributed by atoms with Crippen molar-refractivity contribution in [2.45, 2.75) is 39.4 Å². The Morgan fingerprint density at radius 3 is 2.70 bits per heavy atom. The number of hydrogen-bond donors (Lipinski definition) is 0. The van der Waals surface area contributed by atoms with Crippen molar-refractivity contribution in [3.8, 4) is 0 Å². The Bertz CT molecular complexity index is 641. The van der Waals surface area contributed by atoms with Gasteiger partial charge in [0.25, 0.3) is 0 Å². The highest BCUT2D eigenvalue weighted by Gasteiger charge is 2.23. The first-order chi connectivity index (χ1) is 9.72. The van der Waals surface area contributed by atoms with Crippen molar-refractivity contribution in [3.05, 3.63) is 18.1 Å². The molecule has 0 saturated carbocycles. The van der Waals surface area contributed by atoms with Gasteiger partial charge in [-0.15, -0.1) is 0 Å². The van der Waals surface area contributed by atoms with Gasteiger partial charge in [0.05, 0.1) is 18.4 Å². The monoisotopic (exact) mass is 271 g/mol. The smallest absolute Gasteiger partial charge is 0.160 e. The largest absolute Gasteiger partial charge is 0.370 e. The van der Waals surface area contributed by atoms with Gasteiger partial charge in [0.2, 0.25) is 0 Å². The SMILES string of the molecule is CC(C)N1CCn2c(nc3cc(N4CCC4)cnc32)C1. The number of hydrogen-bond acceptors (Lipinski definition) is 4. The Morgan fingerprint density at radius 2 is 2.00 bits per heavy atom. The first-order valence-electron chi connectivity index (χ1n) is 7.56. The third-order valence-corrected chi connectivity index (χ3v) is 4.56. The van der Waals surface area contributed by atoms with Crippen molar-refractivity contribution in [3.63, 3.8) is 0 Å². The second-order valence-electron chi connectivity index (χ2n) is 6.12. The van der Waals surface area contributed by atoms with Gasteiger partial charge < -0.3 is 9.47 Å². The molecule has 2 aliphatic heterocycles. The minimum absolute atomic E-state index is 0.577. The van der Waals surface area contributed by atoms with Crippen molar-refractivity contribution in [2.24, 2.45) is 0 Å². The van der Waals surface area contributed by atoms with Crippen LogP contribution in [0.4, 0.5) is 5.69 Å². The number of nitrogens with zero attached hydrogens (tertiary/aromatic N) is 5. The average Bonchev–Trinajstić information content (AvgIpc) is 2.73. The Labute approximate surface area is 119 Å². The van der Waals surface area contributed by atoms with Gasteiger partial charge in [-0.25, -0.2) is 9.97 Å². The van der Waals surface area contributed by atoms with Crippen molar-refractivity contribution >= 4 is 16.9 Å². The lowest BCUT2D eigenvalue weighted by Crippen LogP contribution is -2.38. The van der Waals surface area contributed by atoms with Crippen LogP contribution in [0, 0.1) is 0 Å². The molecule has 0 aromatic carbocycles. The molecule has 0 N–H and O–H groups in total. The van der Waals surface area contributed by atoms with Crippen molar-refractivity contribution < 1.29 is 0 Å². The van der Waals surface area contributed by atoms with Gasteiger partial charge in [-0.2, -0.15) is 0 Å². The zero-order chi connectivity index (χ0) is 13.7. The Hall–Kier alpha value is -1.62. The van der Waals surface area contributed by atoms with Gasteiger partial charge >= 0.3 is 0 Å². The summed E-state index contributed by atoms with van der Waals surface area (Å²) >= 11 is 0. The topological polar surface area (TPSA) is 37.2 Å². The molecule has 0 atom stereocenters. The third kappa shape index (κ3) is 1.80. The van der Waals surface area contributed by atoms with E-state index >= 15 is 0 Å². The van der Waals surface area contributed by atoms with E-state index in [0.29, 0.717) is 6.04 Å². The molecule has 4 rings (SSSR count). The Kier molecular flexibility index (Phi) is 2.70. The zero-order valence-corrected chi connectivity index (χ0v) is 12.2. The van der Waals surface area contributed by atoms with Crippen LogP contribution in [-0.2, 0) is 13.1 Å². The van der Waals surface area contributed by atoms with Gasteiger partial charge in [0.15, 0.2) is 5.65 Å². The molecule has 4 heterocycles. The molecule has 1 fully saturated rings. The summed E-state index contributed by atoms with van der Waals surface area (Å²) in [5, 5.41) is 0. The van der Waals surface area contributed by atoms with Crippen molar-refractivity contribution in [1.82, 2.24) is 19.4 Å². The molecule has 0 radical (unpaired) electrons. The molecule has 2 aromatic heterocycles. The first-order valence-corrected chi connectivity index (χ1v) is 7.56. The summed E-state index contributed by atoms with van der Waals surface area (Å²) in [6.45, 7) is 9.83. The summed E-state index contributed by atoms with van der Waals surface area (Å²) in [7, 11) is 0. The summed E-state index contributed by atoms with van der Waals surface area (Å²) < 4.78 is 2.29. The van der Waals surface area contributed by atoms with E-state index in [0.717, 1.165) is 49.7 Å². The maximum atomic E-state index is 4.82. The van der Waals surface area contributed by atoms with Gasteiger partial charge in [-0.1, -0.05) is 0 Å². The minimum atomic E-state index is 0.577. The summed E-state index contributed by atoms with van der Waals surface area (Å²) in [6.07, 6.45) is 3.30. The second-order valence-corrected chi connectivity index (χ2v) is 6.12. The van der Waals surface area contributed by atoms with Crippen molar-refractivity contribution in [2.75, 3.05) is 24.5 Å². The van der Waals surface area contributed by atoms with E-state index in [1.54, 1.807) is 0 Å². The van der Waals surface area contributed by atoms with E-state index in [1.165, 1.54) is 12.1 Å². The van der Waals surface area contributed by atoms with E-state index < -0.39 is 0 Å². The molecule has 0 aliphatic carbocycles. The van der Waals surface area contributed by atoms with Gasteiger partial charge in [0.1, 0.15) is 11.3 Å². The van der Waals surface area contributed by atoms with Crippen LogP contribution in [0.15, 0.2) is 12.3 Å². The van der Waals surface area contributed by atoms with Crippen LogP contribution >= 0.6 is 0 Å². The fourth-order valence-electron chi connectivity index (χ4n) is 3.08. The van der Waals surface area contributed by atoms with E-state index in [2.05, 4.69) is 39.3 Å². The zero-order valence-electron chi connectivity index (χ0n) is 12.2. The predicted octanol–water partition coefficient (Wildman–Crippen LogP) is 1.87. The average molecular weight is 271 g/mol. The number of pyridine rings is 1. The van der Waals surface area contributed by atoms with Crippen LogP contribution < -0.4 is 4.90 Å². The highest BCUT2D eigenvalue weighted by atomic mass is 15.3. The van der Waals surface area contributed by atoms with Crippen LogP contribution in [0.3, 0.4) is 0 Å². The summed E-state index contributed by atoms with van der Waals surface area (Å²) in [4.78, 5) is 14.3. The van der Waals surface area contributed by atoms with E-state index in [9.17, 15) is 0 Å². The second kappa shape index (κ2) is 4.45. The number of imidazole rings is 1. The Morgan fingerprint density at radius 1 is 1.15 bits per heavy atom. The van der Waals surface area contributed by atoms with Crippen LogP contribution in [0.2, 0.25) is 0 Å². The highest BCUT2D eigenvalue weighted by Crippen LogP contribution is 2.26.